The minimum atomic E-state index is -0.520. The lowest BCUT2D eigenvalue weighted by atomic mass is 9.46. The summed E-state index contributed by atoms with van der Waals surface area (Å²) in [5.41, 5.74) is 0.773. The number of amides is 2. The molecule has 8 fully saturated rings. The molecule has 8 rings (SSSR count). The van der Waals surface area contributed by atoms with Gasteiger partial charge in [-0.2, -0.15) is 0 Å². The second-order valence-electron chi connectivity index (χ2n) is 20.1. The number of fused-ring (bicyclic) bond motifs is 4. The van der Waals surface area contributed by atoms with Crippen molar-refractivity contribution >= 4 is 12.2 Å². The highest BCUT2D eigenvalue weighted by atomic mass is 16.7. The number of morpholine rings is 1. The Morgan fingerprint density at radius 1 is 0.840 bits per heavy atom. The van der Waals surface area contributed by atoms with Crippen molar-refractivity contribution in [2.45, 2.75) is 162 Å². The van der Waals surface area contributed by atoms with E-state index in [9.17, 15) is 9.59 Å². The third kappa shape index (κ3) is 5.54. The molecule has 2 amide bonds. The lowest BCUT2D eigenvalue weighted by Gasteiger charge is -2.60. The van der Waals surface area contributed by atoms with Gasteiger partial charge < -0.3 is 33.5 Å². The Hall–Kier alpha value is -1.58. The molecule has 0 bridgehead atoms. The summed E-state index contributed by atoms with van der Waals surface area (Å²) < 4.78 is 31.8. The van der Waals surface area contributed by atoms with E-state index in [-0.39, 0.29) is 47.9 Å². The molecule has 8 aliphatic rings. The molecule has 2 spiro atoms. The van der Waals surface area contributed by atoms with E-state index in [0.29, 0.717) is 47.8 Å². The second kappa shape index (κ2) is 12.2. The van der Waals surface area contributed by atoms with Gasteiger partial charge in [0.05, 0.1) is 31.5 Å². The van der Waals surface area contributed by atoms with Crippen LogP contribution >= 0.6 is 0 Å². The van der Waals surface area contributed by atoms with E-state index in [2.05, 4.69) is 34.6 Å². The molecule has 5 saturated carbocycles. The summed E-state index contributed by atoms with van der Waals surface area (Å²) in [5, 5.41) is 0. The van der Waals surface area contributed by atoms with Crippen LogP contribution in [0, 0.1) is 51.2 Å². The van der Waals surface area contributed by atoms with Crippen LogP contribution in [0.5, 0.6) is 0 Å². The van der Waals surface area contributed by atoms with Gasteiger partial charge in [-0.25, -0.2) is 9.59 Å². The number of likely N-dealkylation sites (tertiary alicyclic amines) is 1. The average molecular weight is 699 g/mol. The maximum Gasteiger partial charge on any atom is 0.410 e. The lowest BCUT2D eigenvalue weighted by molar-refractivity contribution is -0.243. The van der Waals surface area contributed by atoms with Gasteiger partial charge in [0.2, 0.25) is 0 Å². The summed E-state index contributed by atoms with van der Waals surface area (Å²) >= 11 is 0. The first-order chi connectivity index (χ1) is 23.6. The molecule has 9 nitrogen and oxygen atoms in total. The lowest BCUT2D eigenvalue weighted by Crippen LogP contribution is -2.56. The molecule has 3 heterocycles. The zero-order valence-electron chi connectivity index (χ0n) is 32.3. The van der Waals surface area contributed by atoms with Crippen LogP contribution in [0.1, 0.15) is 126 Å². The molecule has 7 unspecified atom stereocenters. The summed E-state index contributed by atoms with van der Waals surface area (Å²) in [5.74, 6) is 3.01. The summed E-state index contributed by atoms with van der Waals surface area (Å²) in [7, 11) is 0. The zero-order chi connectivity index (χ0) is 35.4. The molecule has 0 N–H and O–H groups in total. The first-order valence-corrected chi connectivity index (χ1v) is 20.4. The van der Waals surface area contributed by atoms with Gasteiger partial charge >= 0.3 is 12.2 Å². The van der Waals surface area contributed by atoms with Gasteiger partial charge in [-0.15, -0.1) is 0 Å². The second-order valence-corrected chi connectivity index (χ2v) is 20.1. The minimum Gasteiger partial charge on any atom is -0.444 e. The molecular weight excluding hydrogens is 632 g/mol. The summed E-state index contributed by atoms with van der Waals surface area (Å²) in [6, 6.07) is 0. The smallest absolute Gasteiger partial charge is 0.410 e. The first-order valence-electron chi connectivity index (χ1n) is 20.4. The van der Waals surface area contributed by atoms with E-state index in [0.717, 1.165) is 44.2 Å². The fourth-order valence-electron chi connectivity index (χ4n) is 13.4. The van der Waals surface area contributed by atoms with Gasteiger partial charge in [0, 0.05) is 19.6 Å². The van der Waals surface area contributed by atoms with Crippen molar-refractivity contribution in [2.75, 3.05) is 32.8 Å². The third-order valence-corrected chi connectivity index (χ3v) is 15.9. The van der Waals surface area contributed by atoms with E-state index < -0.39 is 11.9 Å². The highest BCUT2D eigenvalue weighted by Crippen LogP contribution is 2.87. The highest BCUT2D eigenvalue weighted by molar-refractivity contribution is 5.69. The van der Waals surface area contributed by atoms with Crippen molar-refractivity contribution in [2.24, 2.45) is 51.2 Å². The molecule has 3 saturated heterocycles. The fourth-order valence-corrected chi connectivity index (χ4v) is 13.4. The van der Waals surface area contributed by atoms with Crippen molar-refractivity contribution in [3.8, 4) is 0 Å². The van der Waals surface area contributed by atoms with Crippen molar-refractivity contribution in [3.05, 3.63) is 0 Å². The van der Waals surface area contributed by atoms with Crippen LogP contribution < -0.4 is 0 Å². The first kappa shape index (κ1) is 35.4. The molecule has 0 aromatic heterocycles. The summed E-state index contributed by atoms with van der Waals surface area (Å²) in [4.78, 5) is 29.3. The predicted octanol–water partition coefficient (Wildman–Crippen LogP) is 8.04. The van der Waals surface area contributed by atoms with Gasteiger partial charge in [-0.05, 0) is 143 Å². The Morgan fingerprint density at radius 3 is 2.30 bits per heavy atom. The predicted molar refractivity (Wildman–Crippen MR) is 189 cm³/mol. The number of carbonyl (C=O) groups is 2. The van der Waals surface area contributed by atoms with E-state index in [4.69, 9.17) is 23.7 Å². The van der Waals surface area contributed by atoms with E-state index in [1.807, 2.05) is 25.7 Å². The normalized spacial score (nSPS) is 45.2. The topological polar surface area (TPSA) is 86.8 Å². The molecule has 9 heteroatoms. The van der Waals surface area contributed by atoms with Crippen LogP contribution in [-0.2, 0) is 23.7 Å². The molecule has 0 aromatic carbocycles. The zero-order valence-corrected chi connectivity index (χ0v) is 32.3. The average Bonchev–Trinajstić information content (AvgIpc) is 3.59. The van der Waals surface area contributed by atoms with Crippen LogP contribution in [0.15, 0.2) is 0 Å². The molecule has 0 aromatic rings. The standard InChI is InChI=1S/C41H66N2O7/c1-25(2)34(49-35(44)42-18-9-19-42)29-12-10-27-30(47-29)22-28-26-11-13-31-38(6,7)32(14-15-41(31)24-40(26,41)17-16-39(27,28)8)48-33-23-43(20-21-46-33)36(45)50-37(3,4)5/h25-34H,9-24H2,1-8H3/t26?,27?,28?,29?,30?,31?,32-,33?,34+,39+,40-,41+/m0/s1. The van der Waals surface area contributed by atoms with Crippen LogP contribution in [-0.4, -0.2) is 91.1 Å². The summed E-state index contributed by atoms with van der Waals surface area (Å²) in [6.07, 6.45) is 12.8. The maximum atomic E-state index is 12.8. The summed E-state index contributed by atoms with van der Waals surface area (Å²) in [6.45, 7) is 20.7. The van der Waals surface area contributed by atoms with Gasteiger partial charge in [0.25, 0.3) is 0 Å². The van der Waals surface area contributed by atoms with Gasteiger partial charge in [0.15, 0.2) is 6.29 Å². The van der Waals surface area contributed by atoms with Crippen molar-refractivity contribution in [1.29, 1.82) is 0 Å². The minimum absolute atomic E-state index is 0.00243. The molecular formula is C41H66N2O7. The number of nitrogens with zero attached hydrogens (tertiary/aromatic N) is 2. The SMILES string of the molecule is CC(C)[C@@H](OC(=O)N1CCC1)C1CCC2C(CC3C4CCC5C(C)(C)[C@@H](OC6CN(C(=O)OC(C)(C)C)CCO6)CC[C@@]56C[C@@]46CC[C@]23C)O1. The molecule has 12 atom stereocenters. The van der Waals surface area contributed by atoms with Crippen LogP contribution in [0.2, 0.25) is 0 Å². The number of rotatable bonds is 5. The van der Waals surface area contributed by atoms with Crippen molar-refractivity contribution in [1.82, 2.24) is 9.80 Å². The Kier molecular flexibility index (Phi) is 8.67. The number of hydrogen-bond acceptors (Lipinski definition) is 7. The Morgan fingerprint density at radius 2 is 1.60 bits per heavy atom. The quantitative estimate of drug-likeness (QED) is 0.287. The van der Waals surface area contributed by atoms with Crippen molar-refractivity contribution < 1.29 is 33.3 Å². The Bertz CT molecular complexity index is 1330. The van der Waals surface area contributed by atoms with E-state index in [1.54, 1.807) is 4.90 Å². The monoisotopic (exact) mass is 698 g/mol. The number of ether oxygens (including phenoxy) is 5. The largest absolute Gasteiger partial charge is 0.444 e. The van der Waals surface area contributed by atoms with Gasteiger partial charge in [0.1, 0.15) is 11.7 Å². The van der Waals surface area contributed by atoms with Crippen LogP contribution in [0.3, 0.4) is 0 Å². The number of carbonyl (C=O) groups excluding carboxylic acids is 2. The van der Waals surface area contributed by atoms with Gasteiger partial charge in [-0.1, -0.05) is 34.6 Å². The third-order valence-electron chi connectivity index (χ3n) is 15.9. The maximum absolute atomic E-state index is 12.8. The van der Waals surface area contributed by atoms with Gasteiger partial charge in [-0.3, -0.25) is 0 Å². The molecule has 282 valence electrons. The fraction of sp³-hybridized carbons (Fsp3) is 0.951. The molecule has 5 aliphatic carbocycles. The van der Waals surface area contributed by atoms with Crippen molar-refractivity contribution in [3.63, 3.8) is 0 Å². The van der Waals surface area contributed by atoms with E-state index >= 15 is 0 Å². The van der Waals surface area contributed by atoms with Crippen LogP contribution in [0.4, 0.5) is 9.59 Å². The van der Waals surface area contributed by atoms with E-state index in [1.165, 1.54) is 51.4 Å². The molecule has 0 radical (unpaired) electrons. The molecule has 3 aliphatic heterocycles. The Balaban J connectivity index is 0.931. The Labute approximate surface area is 301 Å². The number of hydrogen-bond donors (Lipinski definition) is 0. The van der Waals surface area contributed by atoms with Crippen LogP contribution in [0.25, 0.3) is 0 Å². The highest BCUT2D eigenvalue weighted by Gasteiger charge is 2.80. The molecule has 50 heavy (non-hydrogen) atoms.